The number of aryl methyl sites for hydroxylation is 2. The highest BCUT2D eigenvalue weighted by atomic mass is 16.2. The number of nitrogens with one attached hydrogen (secondary N) is 1. The first-order chi connectivity index (χ1) is 13.0. The van der Waals surface area contributed by atoms with Gasteiger partial charge in [-0.3, -0.25) is 9.59 Å². The van der Waals surface area contributed by atoms with Gasteiger partial charge in [0, 0.05) is 25.8 Å². The fourth-order valence-electron chi connectivity index (χ4n) is 3.82. The van der Waals surface area contributed by atoms with E-state index in [4.69, 9.17) is 0 Å². The number of imide groups is 1. The Bertz CT molecular complexity index is 902. The van der Waals surface area contributed by atoms with E-state index in [1.807, 2.05) is 38.4 Å². The van der Waals surface area contributed by atoms with Gasteiger partial charge in [-0.25, -0.2) is 9.69 Å². The summed E-state index contributed by atoms with van der Waals surface area (Å²) in [5.41, 5.74) is 2.24. The molecule has 0 saturated carbocycles. The van der Waals surface area contributed by atoms with Gasteiger partial charge in [-0.2, -0.15) is 0 Å². The Hall–Kier alpha value is -3.09. The normalized spacial score (nSPS) is 22.1. The lowest BCUT2D eigenvalue weighted by Gasteiger charge is -2.32. The van der Waals surface area contributed by atoms with Crippen molar-refractivity contribution in [2.24, 2.45) is 7.05 Å². The third-order valence-electron chi connectivity index (χ3n) is 5.35. The number of nitrogens with zero attached hydrogens (tertiary/aromatic N) is 3. The number of hydrogen-bond acceptors (Lipinski definition) is 3. The van der Waals surface area contributed by atoms with Gasteiger partial charge in [-0.15, -0.1) is 0 Å². The molecule has 2 atom stereocenters. The summed E-state index contributed by atoms with van der Waals surface area (Å²) in [4.78, 5) is 40.9. The Labute approximate surface area is 157 Å². The predicted octanol–water partition coefficient (Wildman–Crippen LogP) is 2.06. The lowest BCUT2D eigenvalue weighted by atomic mass is 9.98. The van der Waals surface area contributed by atoms with Crippen LogP contribution in [0, 0.1) is 6.92 Å². The van der Waals surface area contributed by atoms with Gasteiger partial charge in [0.15, 0.2) is 0 Å². The average molecular weight is 366 g/mol. The van der Waals surface area contributed by atoms with Crippen LogP contribution in [0.3, 0.4) is 0 Å². The fourth-order valence-corrected chi connectivity index (χ4v) is 3.82. The van der Waals surface area contributed by atoms with Crippen LogP contribution in [0.2, 0.25) is 0 Å². The number of aromatic nitrogens is 1. The van der Waals surface area contributed by atoms with Crippen molar-refractivity contribution in [1.29, 1.82) is 0 Å². The number of carbonyl (C=O) groups excluding carboxylic acids is 3. The number of hydrogen-bond donors (Lipinski definition) is 1. The van der Waals surface area contributed by atoms with Gasteiger partial charge in [0.25, 0.3) is 11.8 Å². The molecule has 0 bridgehead atoms. The van der Waals surface area contributed by atoms with Crippen molar-refractivity contribution in [1.82, 2.24) is 14.8 Å². The standard InChI is InChI=1S/C20H22N4O3/c1-13-5-7-15(8-6-13)24-19(26)17-12-14(9-11-23(17)20(24)27)21-18(25)16-4-3-10-22(16)2/h3-8,10,14,17H,9,11-12H2,1-2H3,(H,21,25)/t14-,17+/m0/s1. The first kappa shape index (κ1) is 17.3. The van der Waals surface area contributed by atoms with Crippen LogP contribution in [0.4, 0.5) is 10.5 Å². The van der Waals surface area contributed by atoms with Crippen LogP contribution in [0.5, 0.6) is 0 Å². The second-order valence-corrected chi connectivity index (χ2v) is 7.20. The lowest BCUT2D eigenvalue weighted by molar-refractivity contribution is -0.120. The summed E-state index contributed by atoms with van der Waals surface area (Å²) in [5.74, 6) is -0.380. The minimum Gasteiger partial charge on any atom is -0.348 e. The van der Waals surface area contributed by atoms with Crippen LogP contribution in [0.15, 0.2) is 42.6 Å². The fraction of sp³-hybridized carbons (Fsp3) is 0.350. The molecule has 0 spiro atoms. The maximum atomic E-state index is 12.9. The molecule has 2 aromatic rings. The van der Waals surface area contributed by atoms with Crippen molar-refractivity contribution < 1.29 is 14.4 Å². The number of benzene rings is 1. The predicted molar refractivity (Wildman–Crippen MR) is 100 cm³/mol. The van der Waals surface area contributed by atoms with E-state index >= 15 is 0 Å². The van der Waals surface area contributed by atoms with Crippen molar-refractivity contribution in [3.63, 3.8) is 0 Å². The number of anilines is 1. The Balaban J connectivity index is 1.49. The molecular formula is C20H22N4O3. The van der Waals surface area contributed by atoms with Crippen LogP contribution in [0.25, 0.3) is 0 Å². The molecule has 2 aliphatic rings. The van der Waals surface area contributed by atoms with Gasteiger partial charge in [0.05, 0.1) is 5.69 Å². The number of fused-ring (bicyclic) bond motifs is 1. The molecule has 1 aromatic heterocycles. The zero-order chi connectivity index (χ0) is 19.1. The molecule has 1 aromatic carbocycles. The van der Waals surface area contributed by atoms with E-state index in [9.17, 15) is 14.4 Å². The minimum absolute atomic E-state index is 0.136. The maximum absolute atomic E-state index is 12.9. The first-order valence-corrected chi connectivity index (χ1v) is 9.09. The van der Waals surface area contributed by atoms with Crippen LogP contribution < -0.4 is 10.2 Å². The molecule has 0 radical (unpaired) electrons. The van der Waals surface area contributed by atoms with Gasteiger partial charge in [0.1, 0.15) is 11.7 Å². The minimum atomic E-state index is -0.522. The first-order valence-electron chi connectivity index (χ1n) is 9.09. The summed E-state index contributed by atoms with van der Waals surface area (Å²) < 4.78 is 1.76. The van der Waals surface area contributed by atoms with Crippen molar-refractivity contribution in [3.8, 4) is 0 Å². The quantitative estimate of drug-likeness (QED) is 0.845. The molecule has 7 nitrogen and oxygen atoms in total. The SMILES string of the molecule is Cc1ccc(N2C(=O)[C@H]3C[C@@H](NC(=O)c4cccn4C)CCN3C2=O)cc1. The highest BCUT2D eigenvalue weighted by Crippen LogP contribution is 2.31. The molecule has 27 heavy (non-hydrogen) atoms. The van der Waals surface area contributed by atoms with E-state index < -0.39 is 6.04 Å². The Morgan fingerprint density at radius 2 is 1.89 bits per heavy atom. The lowest BCUT2D eigenvalue weighted by Crippen LogP contribution is -2.50. The van der Waals surface area contributed by atoms with E-state index in [1.54, 1.807) is 27.7 Å². The maximum Gasteiger partial charge on any atom is 0.332 e. The third-order valence-corrected chi connectivity index (χ3v) is 5.35. The molecule has 2 aliphatic heterocycles. The molecule has 2 saturated heterocycles. The summed E-state index contributed by atoms with van der Waals surface area (Å²) in [6.07, 6.45) is 2.88. The highest BCUT2D eigenvalue weighted by molar-refractivity contribution is 6.21. The molecule has 140 valence electrons. The number of carbonyl (C=O) groups is 3. The molecule has 0 unspecified atom stereocenters. The summed E-state index contributed by atoms with van der Waals surface area (Å²) in [7, 11) is 1.82. The average Bonchev–Trinajstić information content (AvgIpc) is 3.18. The Morgan fingerprint density at radius 3 is 2.56 bits per heavy atom. The van der Waals surface area contributed by atoms with Gasteiger partial charge in [-0.1, -0.05) is 17.7 Å². The van der Waals surface area contributed by atoms with Gasteiger partial charge >= 0.3 is 6.03 Å². The van der Waals surface area contributed by atoms with Gasteiger partial charge < -0.3 is 14.8 Å². The molecule has 2 fully saturated rings. The zero-order valence-corrected chi connectivity index (χ0v) is 15.4. The van der Waals surface area contributed by atoms with E-state index in [0.29, 0.717) is 30.8 Å². The van der Waals surface area contributed by atoms with Crippen LogP contribution in [0.1, 0.15) is 28.9 Å². The monoisotopic (exact) mass is 366 g/mol. The second-order valence-electron chi connectivity index (χ2n) is 7.20. The summed E-state index contributed by atoms with van der Waals surface area (Å²) in [5, 5.41) is 3.00. The van der Waals surface area contributed by atoms with E-state index in [0.717, 1.165) is 5.56 Å². The number of amides is 4. The summed E-state index contributed by atoms with van der Waals surface area (Å²) in [6.45, 7) is 2.41. The van der Waals surface area contributed by atoms with E-state index in [-0.39, 0.29) is 23.9 Å². The van der Waals surface area contributed by atoms with Crippen LogP contribution in [-0.2, 0) is 11.8 Å². The molecule has 4 rings (SSSR count). The van der Waals surface area contributed by atoms with Crippen LogP contribution in [-0.4, -0.2) is 45.9 Å². The largest absolute Gasteiger partial charge is 0.348 e. The number of rotatable bonds is 3. The van der Waals surface area contributed by atoms with E-state index in [1.165, 1.54) is 4.90 Å². The Morgan fingerprint density at radius 1 is 1.15 bits per heavy atom. The number of piperidine rings is 1. The molecule has 7 heteroatoms. The molecule has 0 aliphatic carbocycles. The zero-order valence-electron chi connectivity index (χ0n) is 15.4. The highest BCUT2D eigenvalue weighted by Gasteiger charge is 2.48. The molecular weight excluding hydrogens is 344 g/mol. The number of urea groups is 1. The molecule has 1 N–H and O–H groups in total. The second kappa shape index (κ2) is 6.57. The van der Waals surface area contributed by atoms with Crippen molar-refractivity contribution in [3.05, 3.63) is 53.9 Å². The third kappa shape index (κ3) is 2.99. The summed E-state index contributed by atoms with van der Waals surface area (Å²) in [6, 6.07) is 9.99. The van der Waals surface area contributed by atoms with E-state index in [2.05, 4.69) is 5.32 Å². The topological polar surface area (TPSA) is 74.7 Å². The van der Waals surface area contributed by atoms with Gasteiger partial charge in [0.2, 0.25) is 0 Å². The van der Waals surface area contributed by atoms with Crippen molar-refractivity contribution >= 4 is 23.5 Å². The molecule has 3 heterocycles. The summed E-state index contributed by atoms with van der Waals surface area (Å²) >= 11 is 0. The van der Waals surface area contributed by atoms with Gasteiger partial charge in [-0.05, 0) is 44.0 Å². The smallest absolute Gasteiger partial charge is 0.332 e. The Kier molecular flexibility index (Phi) is 4.22. The molecule has 4 amide bonds. The van der Waals surface area contributed by atoms with Crippen molar-refractivity contribution in [2.75, 3.05) is 11.4 Å². The van der Waals surface area contributed by atoms with Crippen molar-refractivity contribution in [2.45, 2.75) is 31.8 Å². The van der Waals surface area contributed by atoms with Crippen LogP contribution >= 0.6 is 0 Å².